The Kier molecular flexibility index (Phi) is 6.04. The second-order valence-corrected chi connectivity index (χ2v) is 7.97. The average molecular weight is 421 g/mol. The van der Waals surface area contributed by atoms with Gasteiger partial charge in [-0.1, -0.05) is 17.7 Å². The van der Waals surface area contributed by atoms with Gasteiger partial charge in [0.05, 0.1) is 30.0 Å². The summed E-state index contributed by atoms with van der Waals surface area (Å²) in [5.74, 6) is -0.570. The van der Waals surface area contributed by atoms with Gasteiger partial charge in [0.25, 0.3) is 5.56 Å². The fourth-order valence-electron chi connectivity index (χ4n) is 4.11. The molecule has 1 aromatic carbocycles. The highest BCUT2D eigenvalue weighted by molar-refractivity contribution is 6.05. The van der Waals surface area contributed by atoms with Crippen LogP contribution in [0.5, 0.6) is 0 Å². The molecular formula is C24H28N4O3. The fraction of sp³-hybridized carbons (Fsp3) is 0.375. The number of aromatic nitrogens is 2. The summed E-state index contributed by atoms with van der Waals surface area (Å²) in [7, 11) is 2.08. The van der Waals surface area contributed by atoms with Crippen molar-refractivity contribution in [2.45, 2.75) is 20.4 Å². The zero-order valence-corrected chi connectivity index (χ0v) is 18.3. The maximum Gasteiger partial charge on any atom is 0.345 e. The summed E-state index contributed by atoms with van der Waals surface area (Å²) in [6.07, 6.45) is 1.71. The van der Waals surface area contributed by atoms with E-state index in [0.29, 0.717) is 5.69 Å². The number of ether oxygens (including phenoxy) is 1. The van der Waals surface area contributed by atoms with Crippen molar-refractivity contribution in [3.8, 4) is 0 Å². The van der Waals surface area contributed by atoms with Crippen LogP contribution in [0, 0.1) is 6.92 Å². The Labute approximate surface area is 181 Å². The molecule has 7 nitrogen and oxygen atoms in total. The van der Waals surface area contributed by atoms with E-state index >= 15 is 0 Å². The van der Waals surface area contributed by atoms with E-state index < -0.39 is 5.97 Å². The van der Waals surface area contributed by atoms with Gasteiger partial charge in [0.1, 0.15) is 5.56 Å². The van der Waals surface area contributed by atoms with E-state index in [0.717, 1.165) is 48.3 Å². The number of fused-ring (bicyclic) bond motifs is 1. The van der Waals surface area contributed by atoms with E-state index in [1.54, 1.807) is 17.7 Å². The Hall–Kier alpha value is -3.19. The monoisotopic (exact) mass is 420 g/mol. The summed E-state index contributed by atoms with van der Waals surface area (Å²) in [4.78, 5) is 35.5. The van der Waals surface area contributed by atoms with Crippen LogP contribution in [0.4, 0.5) is 5.69 Å². The number of hydrogen-bond acceptors (Lipinski definition) is 6. The molecule has 1 aliphatic heterocycles. The Bertz CT molecular complexity index is 1150. The number of carbonyl (C=O) groups is 1. The Morgan fingerprint density at radius 3 is 2.58 bits per heavy atom. The van der Waals surface area contributed by atoms with Gasteiger partial charge in [-0.25, -0.2) is 4.79 Å². The molecule has 0 atom stereocenters. The first-order valence-electron chi connectivity index (χ1n) is 10.7. The number of carbonyl (C=O) groups excluding carboxylic acids is 1. The maximum absolute atomic E-state index is 13.7. The van der Waals surface area contributed by atoms with Crippen molar-refractivity contribution < 1.29 is 9.53 Å². The number of aryl methyl sites for hydroxylation is 1. The Morgan fingerprint density at radius 2 is 1.90 bits per heavy atom. The first-order chi connectivity index (χ1) is 15.0. The summed E-state index contributed by atoms with van der Waals surface area (Å²) in [5, 5.41) is 0.892. The molecule has 0 bridgehead atoms. The second kappa shape index (κ2) is 8.89. The first-order valence-corrected chi connectivity index (χ1v) is 10.7. The largest absolute Gasteiger partial charge is 0.462 e. The molecule has 1 fully saturated rings. The smallest absolute Gasteiger partial charge is 0.345 e. The fourth-order valence-corrected chi connectivity index (χ4v) is 4.11. The molecule has 0 radical (unpaired) electrons. The van der Waals surface area contributed by atoms with Gasteiger partial charge in [-0.05, 0) is 45.2 Å². The molecule has 0 unspecified atom stereocenters. The summed E-state index contributed by atoms with van der Waals surface area (Å²) >= 11 is 0. The molecule has 3 heterocycles. The molecule has 0 saturated carbocycles. The summed E-state index contributed by atoms with van der Waals surface area (Å²) < 4.78 is 6.98. The Morgan fingerprint density at radius 1 is 1.13 bits per heavy atom. The molecule has 0 N–H and O–H groups in total. The van der Waals surface area contributed by atoms with Crippen molar-refractivity contribution in [1.82, 2.24) is 14.5 Å². The third-order valence-electron chi connectivity index (χ3n) is 5.74. The Balaban J connectivity index is 1.99. The number of rotatable bonds is 5. The number of pyridine rings is 2. The second-order valence-electron chi connectivity index (χ2n) is 7.97. The van der Waals surface area contributed by atoms with E-state index in [1.165, 1.54) is 0 Å². The predicted octanol–water partition coefficient (Wildman–Crippen LogP) is 2.68. The minimum Gasteiger partial charge on any atom is -0.462 e. The lowest BCUT2D eigenvalue weighted by Gasteiger charge is -2.35. The molecule has 2 aromatic heterocycles. The van der Waals surface area contributed by atoms with Gasteiger partial charge in [0, 0.05) is 37.8 Å². The van der Waals surface area contributed by atoms with Crippen molar-refractivity contribution >= 4 is 22.6 Å². The average Bonchev–Trinajstić information content (AvgIpc) is 2.77. The van der Waals surface area contributed by atoms with Crippen LogP contribution in [-0.2, 0) is 11.3 Å². The van der Waals surface area contributed by atoms with Crippen molar-refractivity contribution in [2.24, 2.45) is 0 Å². The first kappa shape index (κ1) is 21.1. The quantitative estimate of drug-likeness (QED) is 0.591. The lowest BCUT2D eigenvalue weighted by molar-refractivity contribution is 0.0524. The summed E-state index contributed by atoms with van der Waals surface area (Å²) in [6, 6.07) is 11.6. The third-order valence-corrected chi connectivity index (χ3v) is 5.74. The molecule has 4 rings (SSSR count). The molecule has 31 heavy (non-hydrogen) atoms. The lowest BCUT2D eigenvalue weighted by Crippen LogP contribution is -2.46. The molecule has 162 valence electrons. The van der Waals surface area contributed by atoms with Crippen LogP contribution in [0.25, 0.3) is 10.9 Å². The van der Waals surface area contributed by atoms with E-state index in [2.05, 4.69) is 27.9 Å². The number of benzene rings is 1. The van der Waals surface area contributed by atoms with Crippen LogP contribution >= 0.6 is 0 Å². The van der Waals surface area contributed by atoms with E-state index in [9.17, 15) is 9.59 Å². The van der Waals surface area contributed by atoms with Crippen LogP contribution in [0.3, 0.4) is 0 Å². The normalized spacial score (nSPS) is 14.7. The summed E-state index contributed by atoms with van der Waals surface area (Å²) in [5.41, 5.74) is 3.08. The third kappa shape index (κ3) is 4.18. The van der Waals surface area contributed by atoms with Gasteiger partial charge in [-0.15, -0.1) is 0 Å². The van der Waals surface area contributed by atoms with E-state index in [-0.39, 0.29) is 24.3 Å². The molecule has 0 amide bonds. The topological polar surface area (TPSA) is 67.7 Å². The molecule has 1 aliphatic rings. The van der Waals surface area contributed by atoms with Gasteiger partial charge in [0.2, 0.25) is 0 Å². The molecule has 7 heteroatoms. The van der Waals surface area contributed by atoms with Crippen molar-refractivity contribution in [3.05, 3.63) is 69.8 Å². The highest BCUT2D eigenvalue weighted by Gasteiger charge is 2.28. The number of anilines is 1. The van der Waals surface area contributed by atoms with Crippen LogP contribution < -0.4 is 10.5 Å². The minimum atomic E-state index is -0.570. The minimum absolute atomic E-state index is 0.112. The molecular weight excluding hydrogens is 392 g/mol. The maximum atomic E-state index is 13.7. The van der Waals surface area contributed by atoms with Crippen LogP contribution in [0.2, 0.25) is 0 Å². The van der Waals surface area contributed by atoms with Crippen LogP contribution in [-0.4, -0.2) is 60.3 Å². The van der Waals surface area contributed by atoms with Gasteiger partial charge < -0.3 is 19.1 Å². The van der Waals surface area contributed by atoms with Gasteiger partial charge in [-0.2, -0.15) is 0 Å². The van der Waals surface area contributed by atoms with Crippen molar-refractivity contribution in [1.29, 1.82) is 0 Å². The van der Waals surface area contributed by atoms with Gasteiger partial charge in [-0.3, -0.25) is 9.78 Å². The van der Waals surface area contributed by atoms with E-state index in [4.69, 9.17) is 4.74 Å². The predicted molar refractivity (Wildman–Crippen MR) is 122 cm³/mol. The molecule has 3 aromatic rings. The molecule has 0 spiro atoms. The standard InChI is InChI=1S/C24H28N4O3/c1-4-31-24(30)21-22(27-13-11-26(3)12-14-27)19-15-17(2)8-9-20(19)28(23(21)29)16-18-7-5-6-10-25-18/h5-10,15H,4,11-14,16H2,1-3H3. The van der Waals surface area contributed by atoms with E-state index in [1.807, 2.05) is 37.3 Å². The number of piperazine rings is 1. The van der Waals surface area contributed by atoms with Gasteiger partial charge in [0.15, 0.2) is 0 Å². The number of likely N-dealkylation sites (N-methyl/N-ethyl adjacent to an activating group) is 1. The SMILES string of the molecule is CCOC(=O)c1c(N2CCN(C)CC2)c2cc(C)ccc2n(Cc2ccccn2)c1=O. The number of hydrogen-bond donors (Lipinski definition) is 0. The van der Waals surface area contributed by atoms with Gasteiger partial charge >= 0.3 is 5.97 Å². The van der Waals surface area contributed by atoms with Crippen LogP contribution in [0.15, 0.2) is 47.4 Å². The number of nitrogens with zero attached hydrogens (tertiary/aromatic N) is 4. The number of esters is 1. The van der Waals surface area contributed by atoms with Crippen molar-refractivity contribution in [2.75, 3.05) is 44.7 Å². The zero-order valence-electron chi connectivity index (χ0n) is 18.3. The molecule has 1 saturated heterocycles. The highest BCUT2D eigenvalue weighted by atomic mass is 16.5. The summed E-state index contributed by atoms with van der Waals surface area (Å²) in [6.45, 7) is 7.50. The van der Waals surface area contributed by atoms with Crippen LogP contribution in [0.1, 0.15) is 28.5 Å². The molecule has 0 aliphatic carbocycles. The zero-order chi connectivity index (χ0) is 22.0. The highest BCUT2D eigenvalue weighted by Crippen LogP contribution is 2.31. The lowest BCUT2D eigenvalue weighted by atomic mass is 10.0. The van der Waals surface area contributed by atoms with Crippen molar-refractivity contribution in [3.63, 3.8) is 0 Å².